The molecule has 2 nitrogen and oxygen atoms in total. The molecule has 1 heterocycles. The lowest BCUT2D eigenvalue weighted by Gasteiger charge is -2.32. The van der Waals surface area contributed by atoms with E-state index in [9.17, 15) is 0 Å². The summed E-state index contributed by atoms with van der Waals surface area (Å²) in [7, 11) is 0. The van der Waals surface area contributed by atoms with Crippen LogP contribution in [0.2, 0.25) is 0 Å². The summed E-state index contributed by atoms with van der Waals surface area (Å²) in [5.41, 5.74) is 7.97. The lowest BCUT2D eigenvalue weighted by atomic mass is 9.93. The summed E-state index contributed by atoms with van der Waals surface area (Å²) >= 11 is 3.49. The van der Waals surface area contributed by atoms with Crippen LogP contribution in [0.1, 0.15) is 38.8 Å². The van der Waals surface area contributed by atoms with Crippen LogP contribution < -0.4 is 5.73 Å². The minimum atomic E-state index is 0.153. The minimum Gasteiger partial charge on any atom is -0.326 e. The Kier molecular flexibility index (Phi) is 4.15. The number of nitrogens with two attached hydrogens (primary N) is 1. The second-order valence-electron chi connectivity index (χ2n) is 6.24. The summed E-state index contributed by atoms with van der Waals surface area (Å²) in [6.45, 7) is 9.07. The second-order valence-corrected chi connectivity index (χ2v) is 7.16. The van der Waals surface area contributed by atoms with Crippen LogP contribution in [-0.4, -0.2) is 24.0 Å². The number of nitrogens with zero attached hydrogens (tertiary/aromatic N) is 1. The number of hydrogen-bond acceptors (Lipinski definition) is 2. The predicted octanol–water partition coefficient (Wildman–Crippen LogP) is 3.57. The van der Waals surface area contributed by atoms with Crippen molar-refractivity contribution in [2.75, 3.05) is 13.1 Å². The molecule has 1 aromatic rings. The van der Waals surface area contributed by atoms with Crippen LogP contribution in [0.4, 0.5) is 0 Å². The maximum atomic E-state index is 6.22. The van der Waals surface area contributed by atoms with Gasteiger partial charge in [-0.3, -0.25) is 4.90 Å². The van der Waals surface area contributed by atoms with E-state index >= 15 is 0 Å². The first-order chi connectivity index (χ1) is 8.39. The van der Waals surface area contributed by atoms with Crippen molar-refractivity contribution in [1.82, 2.24) is 4.90 Å². The Balaban J connectivity index is 2.21. The van der Waals surface area contributed by atoms with Crippen LogP contribution in [0, 0.1) is 5.41 Å². The highest BCUT2D eigenvalue weighted by atomic mass is 79.9. The molecule has 100 valence electrons. The van der Waals surface area contributed by atoms with Gasteiger partial charge in [0.15, 0.2) is 0 Å². The van der Waals surface area contributed by atoms with E-state index in [0.29, 0.717) is 11.5 Å². The summed E-state index contributed by atoms with van der Waals surface area (Å²) in [5.74, 6) is 0. The molecule has 0 spiro atoms. The first-order valence-electron chi connectivity index (χ1n) is 6.64. The Hall–Kier alpha value is -0.380. The number of likely N-dealkylation sites (tertiary alicyclic amines) is 1. The lowest BCUT2D eigenvalue weighted by molar-refractivity contribution is 0.197. The molecule has 1 saturated heterocycles. The second kappa shape index (κ2) is 5.32. The molecule has 0 aliphatic carbocycles. The molecule has 0 saturated carbocycles. The summed E-state index contributed by atoms with van der Waals surface area (Å²) < 4.78 is 1.12. The van der Waals surface area contributed by atoms with Gasteiger partial charge in [-0.25, -0.2) is 0 Å². The Morgan fingerprint density at radius 3 is 2.33 bits per heavy atom. The van der Waals surface area contributed by atoms with Gasteiger partial charge in [-0.15, -0.1) is 0 Å². The average molecular weight is 311 g/mol. The van der Waals surface area contributed by atoms with E-state index in [0.717, 1.165) is 17.6 Å². The van der Waals surface area contributed by atoms with Crippen molar-refractivity contribution in [2.45, 2.75) is 39.3 Å². The Bertz CT molecular complexity index is 397. The van der Waals surface area contributed by atoms with Crippen LogP contribution >= 0.6 is 15.9 Å². The molecule has 3 heteroatoms. The molecule has 0 aromatic heterocycles. The quantitative estimate of drug-likeness (QED) is 0.924. The fourth-order valence-corrected chi connectivity index (χ4v) is 3.16. The van der Waals surface area contributed by atoms with Crippen molar-refractivity contribution in [3.8, 4) is 0 Å². The van der Waals surface area contributed by atoms with E-state index in [2.05, 4.69) is 65.9 Å². The zero-order valence-electron chi connectivity index (χ0n) is 11.5. The molecule has 1 aliphatic rings. The van der Waals surface area contributed by atoms with Crippen LogP contribution in [0.15, 0.2) is 28.7 Å². The van der Waals surface area contributed by atoms with Gasteiger partial charge in [-0.1, -0.05) is 41.9 Å². The normalized spacial score (nSPS) is 22.9. The summed E-state index contributed by atoms with van der Waals surface area (Å²) in [6.07, 6.45) is 1.26. The van der Waals surface area contributed by atoms with Crippen LogP contribution in [0.25, 0.3) is 0 Å². The molecule has 1 aromatic carbocycles. The van der Waals surface area contributed by atoms with E-state index in [1.165, 1.54) is 12.0 Å². The largest absolute Gasteiger partial charge is 0.326 e. The van der Waals surface area contributed by atoms with Crippen molar-refractivity contribution < 1.29 is 0 Å². The van der Waals surface area contributed by atoms with Gasteiger partial charge < -0.3 is 5.73 Å². The monoisotopic (exact) mass is 310 g/mol. The third kappa shape index (κ3) is 3.14. The summed E-state index contributed by atoms with van der Waals surface area (Å²) in [5, 5.41) is 0. The molecule has 1 aliphatic heterocycles. The SMILES string of the molecule is CC(N)C(c1ccc(Br)cc1)N1CCC(C)(C)C1. The average Bonchev–Trinajstić information content (AvgIpc) is 2.61. The van der Waals surface area contributed by atoms with Gasteiger partial charge in [-0.2, -0.15) is 0 Å². The summed E-state index contributed by atoms with van der Waals surface area (Å²) in [4.78, 5) is 2.54. The molecule has 2 unspecified atom stereocenters. The van der Waals surface area contributed by atoms with Gasteiger partial charge in [0.1, 0.15) is 0 Å². The van der Waals surface area contributed by atoms with Gasteiger partial charge in [0.25, 0.3) is 0 Å². The fraction of sp³-hybridized carbons (Fsp3) is 0.600. The van der Waals surface area contributed by atoms with Crippen molar-refractivity contribution >= 4 is 15.9 Å². The van der Waals surface area contributed by atoms with E-state index in [4.69, 9.17) is 5.73 Å². The molecule has 2 rings (SSSR count). The van der Waals surface area contributed by atoms with Crippen LogP contribution in [0.3, 0.4) is 0 Å². The van der Waals surface area contributed by atoms with Gasteiger partial charge in [0, 0.05) is 23.1 Å². The highest BCUT2D eigenvalue weighted by Gasteiger charge is 2.35. The standard InChI is InChI=1S/C15H23BrN2/c1-11(17)14(12-4-6-13(16)7-5-12)18-9-8-15(2,3)10-18/h4-7,11,14H,8-10,17H2,1-3H3. The lowest BCUT2D eigenvalue weighted by Crippen LogP contribution is -2.39. The first-order valence-corrected chi connectivity index (χ1v) is 7.43. The van der Waals surface area contributed by atoms with Gasteiger partial charge in [0.05, 0.1) is 0 Å². The highest BCUT2D eigenvalue weighted by molar-refractivity contribution is 9.10. The van der Waals surface area contributed by atoms with Gasteiger partial charge >= 0.3 is 0 Å². The number of benzene rings is 1. The molecular formula is C15H23BrN2. The number of rotatable bonds is 3. The first kappa shape index (κ1) is 14.0. The van der Waals surface area contributed by atoms with E-state index in [1.807, 2.05) is 0 Å². The van der Waals surface area contributed by atoms with Crippen LogP contribution in [0.5, 0.6) is 0 Å². The van der Waals surface area contributed by atoms with Crippen LogP contribution in [-0.2, 0) is 0 Å². The van der Waals surface area contributed by atoms with Gasteiger partial charge in [-0.05, 0) is 43.0 Å². The van der Waals surface area contributed by atoms with Crippen molar-refractivity contribution in [2.24, 2.45) is 11.1 Å². The molecule has 0 bridgehead atoms. The Labute approximate surface area is 119 Å². The number of hydrogen-bond donors (Lipinski definition) is 1. The van der Waals surface area contributed by atoms with E-state index in [1.54, 1.807) is 0 Å². The third-order valence-corrected chi connectivity index (χ3v) is 4.34. The molecule has 2 N–H and O–H groups in total. The highest BCUT2D eigenvalue weighted by Crippen LogP contribution is 2.36. The van der Waals surface area contributed by atoms with Crippen molar-refractivity contribution in [3.63, 3.8) is 0 Å². The zero-order chi connectivity index (χ0) is 13.3. The topological polar surface area (TPSA) is 29.3 Å². The maximum Gasteiger partial charge on any atom is 0.0496 e. The van der Waals surface area contributed by atoms with Gasteiger partial charge in [0.2, 0.25) is 0 Å². The van der Waals surface area contributed by atoms with E-state index < -0.39 is 0 Å². The zero-order valence-corrected chi connectivity index (χ0v) is 13.1. The van der Waals surface area contributed by atoms with Crippen molar-refractivity contribution in [1.29, 1.82) is 0 Å². The Morgan fingerprint density at radius 2 is 1.89 bits per heavy atom. The van der Waals surface area contributed by atoms with Crippen molar-refractivity contribution in [3.05, 3.63) is 34.3 Å². The molecule has 18 heavy (non-hydrogen) atoms. The summed E-state index contributed by atoms with van der Waals surface area (Å²) in [6, 6.07) is 9.06. The molecular weight excluding hydrogens is 288 g/mol. The Morgan fingerprint density at radius 1 is 1.28 bits per heavy atom. The smallest absolute Gasteiger partial charge is 0.0496 e. The predicted molar refractivity (Wildman–Crippen MR) is 80.5 cm³/mol. The van der Waals surface area contributed by atoms with E-state index in [-0.39, 0.29) is 6.04 Å². The maximum absolute atomic E-state index is 6.22. The number of halogens is 1. The fourth-order valence-electron chi connectivity index (χ4n) is 2.90. The molecule has 0 radical (unpaired) electrons. The molecule has 2 atom stereocenters. The third-order valence-electron chi connectivity index (χ3n) is 3.81. The minimum absolute atomic E-state index is 0.153. The molecule has 1 fully saturated rings. The molecule has 0 amide bonds.